The highest BCUT2D eigenvalue weighted by Gasteiger charge is 2.31. The Morgan fingerprint density at radius 3 is 2.50 bits per heavy atom. The number of H-pyrrole nitrogens is 1. The average Bonchev–Trinajstić information content (AvgIpc) is 3.34. The molecule has 13 heteroatoms. The number of aliphatic hydroxyl groups is 2. The summed E-state index contributed by atoms with van der Waals surface area (Å²) in [6.45, 7) is 6.65. The molecule has 1 saturated heterocycles. The van der Waals surface area contributed by atoms with Gasteiger partial charge in [-0.05, 0) is 44.5 Å². The summed E-state index contributed by atoms with van der Waals surface area (Å²) in [5, 5.41) is 29.8. The molecule has 12 nitrogen and oxygen atoms in total. The van der Waals surface area contributed by atoms with E-state index in [1.165, 1.54) is 0 Å². The number of piperazine rings is 1. The number of pyridine rings is 1. The summed E-state index contributed by atoms with van der Waals surface area (Å²) in [5.74, 6) is 0.0688. The van der Waals surface area contributed by atoms with E-state index in [1.54, 1.807) is 44.0 Å². The molecule has 0 spiro atoms. The van der Waals surface area contributed by atoms with Crippen molar-refractivity contribution in [3.63, 3.8) is 0 Å². The summed E-state index contributed by atoms with van der Waals surface area (Å²) in [5.41, 5.74) is 1.50. The molecule has 0 bridgehead atoms. The number of carbonyl (C=O) groups is 2. The first-order valence-corrected chi connectivity index (χ1v) is 13.4. The van der Waals surface area contributed by atoms with E-state index in [2.05, 4.69) is 25.4 Å². The van der Waals surface area contributed by atoms with Gasteiger partial charge in [-0.25, -0.2) is 9.78 Å². The van der Waals surface area contributed by atoms with Crippen LogP contribution in [0.1, 0.15) is 26.3 Å². The highest BCUT2D eigenvalue weighted by molar-refractivity contribution is 6.30. The number of aromatic amines is 1. The van der Waals surface area contributed by atoms with Gasteiger partial charge in [-0.2, -0.15) is 0 Å². The van der Waals surface area contributed by atoms with E-state index in [-0.39, 0.29) is 24.8 Å². The Labute approximate surface area is 237 Å². The molecule has 1 aromatic carbocycles. The first kappa shape index (κ1) is 29.4. The average molecular weight is 575 g/mol. The second-order valence-corrected chi connectivity index (χ2v) is 11.0. The predicted molar refractivity (Wildman–Crippen MR) is 150 cm³/mol. The molecule has 0 radical (unpaired) electrons. The molecule has 1 aliphatic heterocycles. The Morgan fingerprint density at radius 1 is 1.15 bits per heavy atom. The minimum Gasteiger partial charge on any atom is -0.473 e. The Bertz CT molecular complexity index is 1300. The molecule has 2 atom stereocenters. The molecule has 1 unspecified atom stereocenters. The standard InChI is InChI=1S/C27H35ClN6O6/c1-27(2,3)40-26(38)30-20(14-17-4-6-18(28)7-5-17)25(37)34-12-10-33(11-13-34)21-8-9-29-23-22(21)24(32-31-23)39-16-19(36)15-35/h4-9,19-20,35-36H,10-16H2,1-3H3,(H,30,38)(H,29,31,32)/t19?,20-/m1/s1. The molecule has 40 heavy (non-hydrogen) atoms. The van der Waals surface area contributed by atoms with Crippen molar-refractivity contribution in [2.24, 2.45) is 0 Å². The van der Waals surface area contributed by atoms with Gasteiger partial charge in [-0.1, -0.05) is 23.7 Å². The van der Waals surface area contributed by atoms with Crippen LogP contribution in [0.5, 0.6) is 5.88 Å². The van der Waals surface area contributed by atoms with Crippen molar-refractivity contribution in [2.75, 3.05) is 44.3 Å². The van der Waals surface area contributed by atoms with Crippen LogP contribution in [0, 0.1) is 0 Å². The number of hydrogen-bond donors (Lipinski definition) is 4. The van der Waals surface area contributed by atoms with E-state index in [0.29, 0.717) is 42.2 Å². The van der Waals surface area contributed by atoms with E-state index in [0.717, 1.165) is 11.3 Å². The summed E-state index contributed by atoms with van der Waals surface area (Å²) in [6, 6.07) is 8.18. The third kappa shape index (κ3) is 7.52. The molecular weight excluding hydrogens is 540 g/mol. The summed E-state index contributed by atoms with van der Waals surface area (Å²) < 4.78 is 11.0. The van der Waals surface area contributed by atoms with Gasteiger partial charge >= 0.3 is 6.09 Å². The molecular formula is C27H35ClN6O6. The second-order valence-electron chi connectivity index (χ2n) is 10.6. The first-order valence-electron chi connectivity index (χ1n) is 13.1. The van der Waals surface area contributed by atoms with Crippen molar-refractivity contribution in [3.05, 3.63) is 47.1 Å². The molecule has 216 valence electrons. The maximum atomic E-state index is 13.6. The van der Waals surface area contributed by atoms with E-state index >= 15 is 0 Å². The topological polar surface area (TPSA) is 153 Å². The van der Waals surface area contributed by atoms with Crippen molar-refractivity contribution in [3.8, 4) is 5.88 Å². The lowest BCUT2D eigenvalue weighted by atomic mass is 10.0. The summed E-state index contributed by atoms with van der Waals surface area (Å²) in [7, 11) is 0. The van der Waals surface area contributed by atoms with Gasteiger partial charge in [0.15, 0.2) is 5.65 Å². The fourth-order valence-electron chi connectivity index (χ4n) is 4.40. The number of rotatable bonds is 9. The number of carbonyl (C=O) groups excluding carboxylic acids is 2. The Morgan fingerprint density at radius 2 is 1.85 bits per heavy atom. The number of anilines is 1. The van der Waals surface area contributed by atoms with Crippen LogP contribution < -0.4 is 15.0 Å². The van der Waals surface area contributed by atoms with E-state index in [4.69, 9.17) is 26.2 Å². The number of aliphatic hydroxyl groups excluding tert-OH is 2. The lowest BCUT2D eigenvalue weighted by molar-refractivity contribution is -0.133. The number of halogens is 1. The van der Waals surface area contributed by atoms with Gasteiger partial charge in [-0.15, -0.1) is 5.10 Å². The van der Waals surface area contributed by atoms with Crippen LogP contribution in [-0.2, 0) is 16.0 Å². The second kappa shape index (κ2) is 12.7. The van der Waals surface area contributed by atoms with Gasteiger partial charge in [-0.3, -0.25) is 9.89 Å². The number of aromatic nitrogens is 3. The lowest BCUT2D eigenvalue weighted by Gasteiger charge is -2.38. The van der Waals surface area contributed by atoms with Gasteiger partial charge in [0.25, 0.3) is 0 Å². The molecule has 2 aromatic heterocycles. The number of alkyl carbamates (subject to hydrolysis) is 1. The number of ether oxygens (including phenoxy) is 2. The molecule has 2 amide bonds. The maximum absolute atomic E-state index is 13.6. The van der Waals surface area contributed by atoms with Gasteiger partial charge in [0, 0.05) is 43.8 Å². The number of amides is 2. The number of nitrogens with one attached hydrogen (secondary N) is 2. The highest BCUT2D eigenvalue weighted by Crippen LogP contribution is 2.32. The van der Waals surface area contributed by atoms with Gasteiger partial charge in [0.2, 0.25) is 11.8 Å². The molecule has 4 rings (SSSR count). The third-order valence-electron chi connectivity index (χ3n) is 6.30. The minimum absolute atomic E-state index is 0.118. The Hall–Kier alpha value is -3.61. The van der Waals surface area contributed by atoms with Crippen LogP contribution in [-0.4, -0.2) is 99.4 Å². The largest absolute Gasteiger partial charge is 0.473 e. The summed E-state index contributed by atoms with van der Waals surface area (Å²) >= 11 is 6.02. The molecule has 3 aromatic rings. The molecule has 1 aliphatic rings. The minimum atomic E-state index is -1.03. The lowest BCUT2D eigenvalue weighted by Crippen LogP contribution is -2.56. The van der Waals surface area contributed by atoms with Crippen LogP contribution in [0.25, 0.3) is 11.0 Å². The zero-order valence-corrected chi connectivity index (χ0v) is 23.5. The van der Waals surface area contributed by atoms with E-state index in [1.807, 2.05) is 18.2 Å². The van der Waals surface area contributed by atoms with Crippen molar-refractivity contribution in [2.45, 2.75) is 44.9 Å². The van der Waals surface area contributed by atoms with Crippen molar-refractivity contribution in [1.82, 2.24) is 25.4 Å². The third-order valence-corrected chi connectivity index (χ3v) is 6.56. The van der Waals surface area contributed by atoms with Crippen molar-refractivity contribution >= 4 is 40.3 Å². The van der Waals surface area contributed by atoms with Crippen LogP contribution in [0.3, 0.4) is 0 Å². The maximum Gasteiger partial charge on any atom is 0.408 e. The molecule has 4 N–H and O–H groups in total. The van der Waals surface area contributed by atoms with Gasteiger partial charge < -0.3 is 34.8 Å². The van der Waals surface area contributed by atoms with Crippen molar-refractivity contribution < 1.29 is 29.3 Å². The Kier molecular flexibility index (Phi) is 9.33. The monoisotopic (exact) mass is 574 g/mol. The van der Waals surface area contributed by atoms with E-state index < -0.39 is 30.4 Å². The quantitative estimate of drug-likeness (QED) is 0.301. The molecule has 0 saturated carbocycles. The normalized spacial score (nSPS) is 15.6. The van der Waals surface area contributed by atoms with Crippen LogP contribution in [0.15, 0.2) is 36.5 Å². The first-order chi connectivity index (χ1) is 19.0. The van der Waals surface area contributed by atoms with Gasteiger partial charge in [0.05, 0.1) is 12.3 Å². The summed E-state index contributed by atoms with van der Waals surface area (Å²) in [6.07, 6.45) is 0.260. The smallest absolute Gasteiger partial charge is 0.408 e. The molecule has 0 aliphatic carbocycles. The van der Waals surface area contributed by atoms with Crippen molar-refractivity contribution in [1.29, 1.82) is 0 Å². The Balaban J connectivity index is 1.47. The predicted octanol–water partition coefficient (Wildman–Crippen LogP) is 2.13. The fourth-order valence-corrected chi connectivity index (χ4v) is 4.52. The fraction of sp³-hybridized carbons (Fsp3) is 0.481. The number of fused-ring (bicyclic) bond motifs is 1. The van der Waals surface area contributed by atoms with Crippen LogP contribution in [0.2, 0.25) is 5.02 Å². The number of hydrogen-bond acceptors (Lipinski definition) is 9. The zero-order chi connectivity index (χ0) is 28.9. The number of benzene rings is 1. The molecule has 3 heterocycles. The number of nitrogens with zero attached hydrogens (tertiary/aromatic N) is 4. The zero-order valence-electron chi connectivity index (χ0n) is 22.8. The van der Waals surface area contributed by atoms with Crippen LogP contribution in [0.4, 0.5) is 10.5 Å². The van der Waals surface area contributed by atoms with Gasteiger partial charge in [0.1, 0.15) is 29.7 Å². The van der Waals surface area contributed by atoms with E-state index in [9.17, 15) is 14.7 Å². The SMILES string of the molecule is CC(C)(C)OC(=O)N[C@H](Cc1ccc(Cl)cc1)C(=O)N1CCN(c2ccnc3[nH]nc(OCC(O)CO)c23)CC1. The highest BCUT2D eigenvalue weighted by atomic mass is 35.5. The summed E-state index contributed by atoms with van der Waals surface area (Å²) in [4.78, 5) is 34.4. The van der Waals surface area contributed by atoms with Crippen LogP contribution >= 0.6 is 11.6 Å². The molecule has 1 fully saturated rings.